The lowest BCUT2D eigenvalue weighted by molar-refractivity contribution is -0.127. The molecule has 1 saturated heterocycles. The average molecular weight is 483 g/mol. The average Bonchev–Trinajstić information content (AvgIpc) is 3.22. The van der Waals surface area contributed by atoms with Crippen molar-refractivity contribution in [3.8, 4) is 0 Å². The van der Waals surface area contributed by atoms with Crippen LogP contribution in [-0.2, 0) is 21.4 Å². The zero-order valence-corrected chi connectivity index (χ0v) is 21.0. The number of hydrogen-bond donors (Lipinski definition) is 1. The van der Waals surface area contributed by atoms with Gasteiger partial charge in [0.25, 0.3) is 0 Å². The highest BCUT2D eigenvalue weighted by atomic mass is 32.2. The Kier molecular flexibility index (Phi) is 7.31. The van der Waals surface area contributed by atoms with E-state index in [4.69, 9.17) is 0 Å². The number of hydrogen-bond acceptors (Lipinski definition) is 5. The summed E-state index contributed by atoms with van der Waals surface area (Å²) in [5.74, 6) is 4.13. The molecule has 2 aliphatic carbocycles. The predicted octanol–water partition coefficient (Wildman–Crippen LogP) is 4.34. The number of nitrogens with one attached hydrogen (secondary N) is 1. The maximum atomic E-state index is 13.0. The Morgan fingerprint density at radius 3 is 2.19 bits per heavy atom. The van der Waals surface area contributed by atoms with Crippen LogP contribution < -0.4 is 5.32 Å². The monoisotopic (exact) mass is 482 g/mol. The van der Waals surface area contributed by atoms with Crippen molar-refractivity contribution in [3.63, 3.8) is 0 Å². The van der Waals surface area contributed by atoms with Gasteiger partial charge >= 0.3 is 0 Å². The summed E-state index contributed by atoms with van der Waals surface area (Å²) in [7, 11) is -3.44. The zero-order chi connectivity index (χ0) is 22.1. The van der Waals surface area contributed by atoms with Gasteiger partial charge in [-0.2, -0.15) is 4.31 Å². The second-order valence-corrected chi connectivity index (χ2v) is 13.8. The highest BCUT2D eigenvalue weighted by Crippen LogP contribution is 2.64. The summed E-state index contributed by atoms with van der Waals surface area (Å²) in [5.41, 5.74) is 0.932. The number of rotatable bonds is 7. The molecule has 4 rings (SSSR count). The highest BCUT2D eigenvalue weighted by Gasteiger charge is 2.55. The quantitative estimate of drug-likeness (QED) is 0.626. The first kappa shape index (κ1) is 23.5. The van der Waals surface area contributed by atoms with Gasteiger partial charge in [0, 0.05) is 37.1 Å². The van der Waals surface area contributed by atoms with Crippen LogP contribution in [0.5, 0.6) is 0 Å². The molecule has 1 aromatic rings. The van der Waals surface area contributed by atoms with Crippen LogP contribution in [0.15, 0.2) is 29.2 Å². The molecule has 31 heavy (non-hydrogen) atoms. The molecule has 0 aromatic heterocycles. The van der Waals surface area contributed by atoms with E-state index in [1.54, 1.807) is 12.1 Å². The molecule has 1 amide bonds. The fourth-order valence-corrected chi connectivity index (χ4v) is 11.0. The minimum atomic E-state index is -3.44. The Morgan fingerprint density at radius 2 is 1.65 bits per heavy atom. The lowest BCUT2D eigenvalue weighted by Gasteiger charge is -2.52. The topological polar surface area (TPSA) is 66.5 Å². The van der Waals surface area contributed by atoms with E-state index in [-0.39, 0.29) is 11.8 Å². The van der Waals surface area contributed by atoms with Crippen molar-refractivity contribution >= 4 is 39.5 Å². The Morgan fingerprint density at radius 1 is 1.06 bits per heavy atom. The first-order valence-corrected chi connectivity index (χ1v) is 15.0. The summed E-state index contributed by atoms with van der Waals surface area (Å²) in [6, 6.07) is 6.93. The second kappa shape index (κ2) is 9.65. The van der Waals surface area contributed by atoms with Crippen LogP contribution in [0.3, 0.4) is 0 Å². The summed E-state index contributed by atoms with van der Waals surface area (Å²) >= 11 is 4.34. The molecule has 8 heteroatoms. The molecule has 3 aliphatic rings. The largest absolute Gasteiger partial charge is 0.352 e. The molecule has 2 bridgehead atoms. The fraction of sp³-hybridized carbons (Fsp3) is 0.696. The van der Waals surface area contributed by atoms with Gasteiger partial charge in [-0.3, -0.25) is 4.79 Å². The van der Waals surface area contributed by atoms with E-state index < -0.39 is 10.0 Å². The summed E-state index contributed by atoms with van der Waals surface area (Å²) < 4.78 is 27.1. The van der Waals surface area contributed by atoms with Crippen molar-refractivity contribution in [3.05, 3.63) is 29.8 Å². The van der Waals surface area contributed by atoms with Gasteiger partial charge in [-0.1, -0.05) is 32.4 Å². The molecular weight excluding hydrogens is 448 g/mol. The number of amides is 1. The van der Waals surface area contributed by atoms with Crippen LogP contribution in [0.4, 0.5) is 0 Å². The molecular formula is C23H34N2O3S3. The van der Waals surface area contributed by atoms with Crippen molar-refractivity contribution in [2.24, 2.45) is 17.8 Å². The van der Waals surface area contributed by atoms with Gasteiger partial charge in [0.1, 0.15) is 0 Å². The number of benzene rings is 1. The van der Waals surface area contributed by atoms with Crippen LogP contribution in [0.1, 0.15) is 51.5 Å². The summed E-state index contributed by atoms with van der Waals surface area (Å²) in [6.45, 7) is 5.05. The van der Waals surface area contributed by atoms with Gasteiger partial charge in [-0.15, -0.1) is 23.5 Å². The SMILES string of the molecule is CCN(CC)S(=O)(=O)c1ccc(CNC(=O)C2C[C@H]3CCC[C@@H](C2)C32SCCS2)cc1. The summed E-state index contributed by atoms with van der Waals surface area (Å²) in [5, 5.41) is 3.13. The number of carbonyl (C=O) groups is 1. The predicted molar refractivity (Wildman–Crippen MR) is 130 cm³/mol. The van der Waals surface area contributed by atoms with E-state index in [9.17, 15) is 13.2 Å². The maximum Gasteiger partial charge on any atom is 0.243 e. The Hall–Kier alpha value is -0.700. The first-order valence-electron chi connectivity index (χ1n) is 11.6. The van der Waals surface area contributed by atoms with Crippen molar-refractivity contribution in [2.45, 2.75) is 61.5 Å². The lowest BCUT2D eigenvalue weighted by Crippen LogP contribution is -2.49. The number of sulfonamides is 1. The minimum Gasteiger partial charge on any atom is -0.352 e. The van der Waals surface area contributed by atoms with Crippen molar-refractivity contribution in [2.75, 3.05) is 24.6 Å². The molecule has 1 aliphatic heterocycles. The van der Waals surface area contributed by atoms with Gasteiger partial charge < -0.3 is 5.32 Å². The van der Waals surface area contributed by atoms with Crippen LogP contribution in [0.25, 0.3) is 0 Å². The first-order chi connectivity index (χ1) is 14.9. The maximum absolute atomic E-state index is 13.0. The third-order valence-electron chi connectivity index (χ3n) is 7.22. The van der Waals surface area contributed by atoms with Crippen LogP contribution in [-0.4, -0.2) is 47.3 Å². The molecule has 1 unspecified atom stereocenters. The third kappa shape index (κ3) is 4.55. The van der Waals surface area contributed by atoms with Gasteiger partial charge in [0.15, 0.2) is 0 Å². The lowest BCUT2D eigenvalue weighted by atomic mass is 9.67. The summed E-state index contributed by atoms with van der Waals surface area (Å²) in [4.78, 5) is 13.3. The molecule has 1 N–H and O–H groups in total. The normalized spacial score (nSPS) is 27.5. The number of nitrogens with zero attached hydrogens (tertiary/aromatic N) is 1. The molecule has 5 nitrogen and oxygen atoms in total. The van der Waals surface area contributed by atoms with E-state index in [1.807, 2.05) is 26.0 Å². The van der Waals surface area contributed by atoms with E-state index in [1.165, 1.54) is 35.1 Å². The smallest absolute Gasteiger partial charge is 0.243 e. The Labute approximate surface area is 195 Å². The van der Waals surface area contributed by atoms with Gasteiger partial charge in [-0.25, -0.2) is 8.42 Å². The van der Waals surface area contributed by atoms with Crippen LogP contribution in [0, 0.1) is 17.8 Å². The third-order valence-corrected chi connectivity index (χ3v) is 13.3. The van der Waals surface area contributed by atoms with Gasteiger partial charge in [-0.05, 0) is 55.2 Å². The molecule has 3 atom stereocenters. The van der Waals surface area contributed by atoms with Crippen molar-refractivity contribution in [1.82, 2.24) is 9.62 Å². The summed E-state index contributed by atoms with van der Waals surface area (Å²) in [6.07, 6.45) is 5.88. The molecule has 1 aromatic carbocycles. The molecule has 3 fully saturated rings. The Balaban J connectivity index is 1.35. The molecule has 0 radical (unpaired) electrons. The van der Waals surface area contributed by atoms with Crippen LogP contribution in [0.2, 0.25) is 0 Å². The molecule has 1 heterocycles. The van der Waals surface area contributed by atoms with Crippen LogP contribution >= 0.6 is 23.5 Å². The molecule has 172 valence electrons. The van der Waals surface area contributed by atoms with Crippen molar-refractivity contribution < 1.29 is 13.2 Å². The number of thioether (sulfide) groups is 2. The van der Waals surface area contributed by atoms with E-state index in [0.29, 0.717) is 40.4 Å². The van der Waals surface area contributed by atoms with E-state index in [2.05, 4.69) is 28.8 Å². The minimum absolute atomic E-state index is 0.116. The molecule has 1 spiro atoms. The highest BCUT2D eigenvalue weighted by molar-refractivity contribution is 8.21. The second-order valence-electron chi connectivity index (χ2n) is 8.86. The standard InChI is InChI=1S/C23H34N2O3S3/c1-3-25(4-2)31(27,28)21-10-8-17(9-11-21)16-24-22(26)18-14-19-6-5-7-20(15-18)23(19)29-12-13-30-23/h8-11,18-20H,3-7,12-16H2,1-2H3,(H,24,26)/t18?,19-,20+. The van der Waals surface area contributed by atoms with E-state index >= 15 is 0 Å². The fourth-order valence-electron chi connectivity index (χ4n) is 5.65. The zero-order valence-electron chi connectivity index (χ0n) is 18.5. The van der Waals surface area contributed by atoms with Crippen molar-refractivity contribution in [1.29, 1.82) is 0 Å². The van der Waals surface area contributed by atoms with E-state index in [0.717, 1.165) is 18.4 Å². The number of carbonyl (C=O) groups excluding carboxylic acids is 1. The van der Waals surface area contributed by atoms with Gasteiger partial charge in [0.05, 0.1) is 8.97 Å². The van der Waals surface area contributed by atoms with Gasteiger partial charge in [0.2, 0.25) is 15.9 Å². The molecule has 2 saturated carbocycles. The Bertz CT molecular complexity index is 862.